The minimum atomic E-state index is -1.20. The minimum absolute atomic E-state index is 0.00274. The van der Waals surface area contributed by atoms with E-state index in [1.165, 1.54) is 47.5 Å². The molecule has 0 radical (unpaired) electrons. The number of carboxylic acids is 1. The first-order valence-corrected chi connectivity index (χ1v) is 12.3. The number of oxime groups is 1. The number of carbonyl (C=O) groups excluding carboxylic acids is 3. The zero-order valence-electron chi connectivity index (χ0n) is 18.9. The van der Waals surface area contributed by atoms with E-state index in [4.69, 9.17) is 4.84 Å². The lowest BCUT2D eigenvalue weighted by Gasteiger charge is -2.49. The van der Waals surface area contributed by atoms with E-state index in [2.05, 4.69) is 20.8 Å². The quantitative estimate of drug-likeness (QED) is 0.127. The second kappa shape index (κ2) is 10.8. The first-order valence-electron chi connectivity index (χ1n) is 10.5. The van der Waals surface area contributed by atoms with Crippen molar-refractivity contribution in [2.45, 2.75) is 23.1 Å². The van der Waals surface area contributed by atoms with Crippen LogP contribution < -0.4 is 10.6 Å². The number of nitro benzene ring substituents is 1. The minimum Gasteiger partial charge on any atom is -0.478 e. The number of hydrogen-bond donors (Lipinski definition) is 3. The fourth-order valence-electron chi connectivity index (χ4n) is 3.70. The lowest BCUT2D eigenvalue weighted by molar-refractivity contribution is -0.384. The van der Waals surface area contributed by atoms with Crippen LogP contribution in [-0.4, -0.2) is 73.6 Å². The third kappa shape index (κ3) is 5.29. The fourth-order valence-corrected chi connectivity index (χ4v) is 5.92. The summed E-state index contributed by atoms with van der Waals surface area (Å²) in [6.45, 7) is 0. The molecular weight excluding hydrogens is 528 g/mol. The van der Waals surface area contributed by atoms with Gasteiger partial charge in [0.25, 0.3) is 17.5 Å². The molecule has 0 bridgehead atoms. The van der Waals surface area contributed by atoms with Crippen molar-refractivity contribution in [2.75, 3.05) is 12.4 Å². The largest absolute Gasteiger partial charge is 0.478 e. The van der Waals surface area contributed by atoms with Crippen LogP contribution in [-0.2, 0) is 30.4 Å². The molecule has 0 spiro atoms. The number of benzene rings is 1. The number of hydrogen-bond acceptors (Lipinski definition) is 11. The molecule has 2 unspecified atom stereocenters. The van der Waals surface area contributed by atoms with Crippen molar-refractivity contribution in [1.29, 1.82) is 0 Å². The standard InChI is InChI=1S/C21H18N6O8S2/c1-35-25-15(13-8-36-21(23-13)22-9-28)17(29)24-16-18(30)26-7-12(20(31)32)14(37-19(16)26)6-10-2-4-11(5-3-10)27(33)34/h2-5,7-9,14,16,19H,6H2,1H3,(H,24,29)(H,31,32)(H,22,23,28)/t14?,16?,19-/m1/s1. The summed E-state index contributed by atoms with van der Waals surface area (Å²) in [5.74, 6) is -2.45. The Kier molecular flexibility index (Phi) is 7.49. The number of fused-ring (bicyclic) bond motifs is 1. The van der Waals surface area contributed by atoms with Crippen molar-refractivity contribution in [2.24, 2.45) is 5.16 Å². The molecule has 14 nitrogen and oxygen atoms in total. The average Bonchev–Trinajstić information content (AvgIpc) is 3.33. The molecule has 0 saturated carbocycles. The molecule has 2 aromatic rings. The molecule has 1 aromatic carbocycles. The summed E-state index contributed by atoms with van der Waals surface area (Å²) in [5, 5.41) is 29.8. The number of nitrogens with zero attached hydrogens (tertiary/aromatic N) is 4. The van der Waals surface area contributed by atoms with E-state index in [1.807, 2.05) is 0 Å². The van der Waals surface area contributed by atoms with Crippen molar-refractivity contribution >= 4 is 63.8 Å². The molecule has 1 aromatic heterocycles. The monoisotopic (exact) mass is 546 g/mol. The second-order valence-corrected chi connectivity index (χ2v) is 9.83. The normalized spacial score (nSPS) is 20.7. The highest BCUT2D eigenvalue weighted by molar-refractivity contribution is 8.01. The number of thiazole rings is 1. The number of carbonyl (C=O) groups is 4. The highest BCUT2D eigenvalue weighted by atomic mass is 32.2. The number of anilines is 1. The highest BCUT2D eigenvalue weighted by Crippen LogP contribution is 2.42. The summed E-state index contributed by atoms with van der Waals surface area (Å²) in [6.07, 6.45) is 1.93. The van der Waals surface area contributed by atoms with Crippen LogP contribution in [0.4, 0.5) is 10.8 Å². The van der Waals surface area contributed by atoms with Crippen LogP contribution in [0.15, 0.2) is 46.6 Å². The van der Waals surface area contributed by atoms with Gasteiger partial charge in [0.2, 0.25) is 6.41 Å². The summed E-state index contributed by atoms with van der Waals surface area (Å²) >= 11 is 2.24. The highest BCUT2D eigenvalue weighted by Gasteiger charge is 2.52. The van der Waals surface area contributed by atoms with Crippen molar-refractivity contribution in [3.8, 4) is 0 Å². The van der Waals surface area contributed by atoms with Crippen molar-refractivity contribution < 1.29 is 34.0 Å². The van der Waals surface area contributed by atoms with Crippen LogP contribution in [0.25, 0.3) is 0 Å². The van der Waals surface area contributed by atoms with Crippen LogP contribution in [0.1, 0.15) is 11.3 Å². The first kappa shape index (κ1) is 25.8. The average molecular weight is 547 g/mol. The Bertz CT molecular complexity index is 1320. The predicted molar refractivity (Wildman–Crippen MR) is 132 cm³/mol. The number of nitrogens with one attached hydrogen (secondary N) is 2. The zero-order chi connectivity index (χ0) is 26.7. The van der Waals surface area contributed by atoms with Gasteiger partial charge in [-0.1, -0.05) is 17.3 Å². The Balaban J connectivity index is 1.51. The van der Waals surface area contributed by atoms with E-state index in [9.17, 15) is 34.4 Å². The van der Waals surface area contributed by atoms with E-state index >= 15 is 0 Å². The van der Waals surface area contributed by atoms with Crippen LogP contribution in [0.5, 0.6) is 0 Å². The van der Waals surface area contributed by atoms with Gasteiger partial charge >= 0.3 is 5.97 Å². The maximum Gasteiger partial charge on any atom is 0.334 e. The molecule has 3 N–H and O–H groups in total. The van der Waals surface area contributed by atoms with Crippen LogP contribution >= 0.6 is 23.1 Å². The van der Waals surface area contributed by atoms with E-state index in [0.29, 0.717) is 12.0 Å². The Morgan fingerprint density at radius 3 is 2.70 bits per heavy atom. The molecular formula is C21H18N6O8S2. The summed E-state index contributed by atoms with van der Waals surface area (Å²) in [6, 6.07) is 4.78. The summed E-state index contributed by atoms with van der Waals surface area (Å²) in [5.41, 5.74) is 0.492. The lowest BCUT2D eigenvalue weighted by Crippen LogP contribution is -2.69. The second-order valence-electron chi connectivity index (χ2n) is 7.65. The van der Waals surface area contributed by atoms with Gasteiger partial charge in [-0.25, -0.2) is 9.78 Å². The van der Waals surface area contributed by atoms with Gasteiger partial charge in [0, 0.05) is 29.0 Å². The van der Waals surface area contributed by atoms with Gasteiger partial charge in [-0.15, -0.1) is 23.1 Å². The molecule has 1 saturated heterocycles. The number of non-ortho nitro benzene ring substituents is 1. The molecule has 2 aliphatic rings. The first-order chi connectivity index (χ1) is 17.7. The number of aromatic nitrogens is 1. The van der Waals surface area contributed by atoms with Gasteiger partial charge in [0.15, 0.2) is 10.8 Å². The molecule has 192 valence electrons. The molecule has 37 heavy (non-hydrogen) atoms. The third-order valence-corrected chi connectivity index (χ3v) is 7.74. The number of nitro groups is 1. The molecule has 3 atom stereocenters. The molecule has 0 aliphatic carbocycles. The molecule has 2 aliphatic heterocycles. The van der Waals surface area contributed by atoms with Crippen LogP contribution in [0, 0.1) is 10.1 Å². The third-order valence-electron chi connectivity index (χ3n) is 5.44. The fraction of sp³-hybridized carbons (Fsp3) is 0.238. The van der Waals surface area contributed by atoms with Crippen LogP contribution in [0.3, 0.4) is 0 Å². The van der Waals surface area contributed by atoms with Gasteiger partial charge in [0.1, 0.15) is 24.2 Å². The number of amides is 3. The van der Waals surface area contributed by atoms with E-state index in [0.717, 1.165) is 11.3 Å². The maximum absolute atomic E-state index is 13.0. The van der Waals surface area contributed by atoms with Gasteiger partial charge in [0.05, 0.1) is 10.5 Å². The number of thioether (sulfide) groups is 1. The number of rotatable bonds is 10. The zero-order valence-corrected chi connectivity index (χ0v) is 20.5. The maximum atomic E-state index is 13.0. The number of aliphatic carboxylic acids is 1. The lowest BCUT2D eigenvalue weighted by atomic mass is 10.0. The van der Waals surface area contributed by atoms with Gasteiger partial charge in [-0.2, -0.15) is 0 Å². The smallest absolute Gasteiger partial charge is 0.334 e. The SMILES string of the molecule is CON=C(C(=O)NC1C(=O)N2C=C(C(=O)O)C(Cc3ccc([N+](=O)[O-])cc3)S[C@H]12)c1csc(NC=O)n1. The Labute approximate surface area is 216 Å². The Hall–Kier alpha value is -4.31. The van der Waals surface area contributed by atoms with E-state index in [-0.39, 0.29) is 34.2 Å². The molecule has 16 heteroatoms. The molecule has 1 fully saturated rings. The van der Waals surface area contributed by atoms with Crippen LogP contribution in [0.2, 0.25) is 0 Å². The van der Waals surface area contributed by atoms with E-state index < -0.39 is 39.4 Å². The number of carboxylic acid groups (broad SMARTS) is 1. The molecule has 3 heterocycles. The van der Waals surface area contributed by atoms with Gasteiger partial charge in [-0.3, -0.25) is 24.5 Å². The molecule has 4 rings (SSSR count). The number of β-lactam (4-membered cyclic amide) rings is 1. The van der Waals surface area contributed by atoms with Gasteiger partial charge < -0.3 is 25.5 Å². The van der Waals surface area contributed by atoms with E-state index in [1.54, 1.807) is 12.1 Å². The Morgan fingerprint density at radius 1 is 1.35 bits per heavy atom. The topological polar surface area (TPSA) is 193 Å². The summed E-state index contributed by atoms with van der Waals surface area (Å²) < 4.78 is 0. The van der Waals surface area contributed by atoms with Gasteiger partial charge in [-0.05, 0) is 12.0 Å². The van der Waals surface area contributed by atoms with Crippen molar-refractivity contribution in [3.63, 3.8) is 0 Å². The molecule has 3 amide bonds. The Morgan fingerprint density at radius 2 is 2.08 bits per heavy atom. The summed E-state index contributed by atoms with van der Waals surface area (Å²) in [7, 11) is 1.23. The predicted octanol–water partition coefficient (Wildman–Crippen LogP) is 0.950. The van der Waals surface area contributed by atoms with Crippen molar-refractivity contribution in [3.05, 3.63) is 62.8 Å². The summed E-state index contributed by atoms with van der Waals surface area (Å²) in [4.78, 5) is 68.6. The van der Waals surface area contributed by atoms with Crippen molar-refractivity contribution in [1.82, 2.24) is 15.2 Å².